The molecule has 0 saturated heterocycles. The molecule has 0 saturated carbocycles. The summed E-state index contributed by atoms with van der Waals surface area (Å²) in [6.07, 6.45) is 4.80. The number of amides is 2. The van der Waals surface area contributed by atoms with Crippen molar-refractivity contribution in [1.82, 2.24) is 15.3 Å². The third kappa shape index (κ3) is 4.10. The van der Waals surface area contributed by atoms with Gasteiger partial charge in [0.2, 0.25) is 0 Å². The summed E-state index contributed by atoms with van der Waals surface area (Å²) in [6, 6.07) is 16.1. The SMILES string of the molecule is CN(C(=O)c1ccnc(C(=O)NCc2ccncc2)c1)c1ccccc1. The number of nitrogens with zero attached hydrogens (tertiary/aromatic N) is 3. The Kier molecular flexibility index (Phi) is 5.34. The Morgan fingerprint density at radius 2 is 1.73 bits per heavy atom. The second-order valence-electron chi connectivity index (χ2n) is 5.67. The number of pyridine rings is 2. The number of para-hydroxylation sites is 1. The first-order valence-electron chi connectivity index (χ1n) is 8.11. The van der Waals surface area contributed by atoms with Crippen LogP contribution in [0.15, 0.2) is 73.2 Å². The summed E-state index contributed by atoms with van der Waals surface area (Å²) in [5.41, 5.74) is 2.31. The molecule has 0 aliphatic heterocycles. The van der Waals surface area contributed by atoms with Crippen LogP contribution in [0, 0.1) is 0 Å². The second-order valence-corrected chi connectivity index (χ2v) is 5.67. The van der Waals surface area contributed by atoms with Crippen LogP contribution in [-0.2, 0) is 6.54 Å². The number of rotatable bonds is 5. The Balaban J connectivity index is 1.71. The van der Waals surface area contributed by atoms with Crippen molar-refractivity contribution in [3.63, 3.8) is 0 Å². The number of anilines is 1. The Bertz CT molecular complexity index is 898. The lowest BCUT2D eigenvalue weighted by Crippen LogP contribution is -2.28. The third-order valence-corrected chi connectivity index (χ3v) is 3.89. The Hall–Kier alpha value is -3.54. The molecule has 6 nitrogen and oxygen atoms in total. The van der Waals surface area contributed by atoms with Crippen molar-refractivity contribution in [1.29, 1.82) is 0 Å². The number of benzene rings is 1. The van der Waals surface area contributed by atoms with Crippen LogP contribution in [0.4, 0.5) is 5.69 Å². The molecule has 0 unspecified atom stereocenters. The molecule has 0 fully saturated rings. The largest absolute Gasteiger partial charge is 0.347 e. The molecule has 130 valence electrons. The quantitative estimate of drug-likeness (QED) is 0.771. The fourth-order valence-electron chi connectivity index (χ4n) is 2.42. The zero-order valence-corrected chi connectivity index (χ0v) is 14.3. The highest BCUT2D eigenvalue weighted by atomic mass is 16.2. The molecule has 0 spiro atoms. The summed E-state index contributed by atoms with van der Waals surface area (Å²) in [6.45, 7) is 0.366. The van der Waals surface area contributed by atoms with Gasteiger partial charge in [-0.1, -0.05) is 18.2 Å². The van der Waals surface area contributed by atoms with Crippen molar-refractivity contribution < 1.29 is 9.59 Å². The standard InChI is InChI=1S/C20H18N4O2/c1-24(17-5-3-2-4-6-17)20(26)16-9-12-22-18(13-16)19(25)23-14-15-7-10-21-11-8-15/h2-13H,14H2,1H3,(H,23,25). The maximum absolute atomic E-state index is 12.7. The molecular formula is C20H18N4O2. The minimum Gasteiger partial charge on any atom is -0.347 e. The van der Waals surface area contributed by atoms with Crippen LogP contribution in [-0.4, -0.2) is 28.8 Å². The van der Waals surface area contributed by atoms with E-state index in [-0.39, 0.29) is 17.5 Å². The molecule has 0 bridgehead atoms. The van der Waals surface area contributed by atoms with Crippen LogP contribution in [0.3, 0.4) is 0 Å². The normalized spacial score (nSPS) is 10.2. The maximum Gasteiger partial charge on any atom is 0.270 e. The van der Waals surface area contributed by atoms with Gasteiger partial charge >= 0.3 is 0 Å². The van der Waals surface area contributed by atoms with E-state index in [1.807, 2.05) is 42.5 Å². The van der Waals surface area contributed by atoms with Gasteiger partial charge in [-0.05, 0) is 42.0 Å². The number of hydrogen-bond donors (Lipinski definition) is 1. The van der Waals surface area contributed by atoms with E-state index in [4.69, 9.17) is 0 Å². The van der Waals surface area contributed by atoms with Gasteiger partial charge in [-0.25, -0.2) is 0 Å². The van der Waals surface area contributed by atoms with Crippen LogP contribution in [0.2, 0.25) is 0 Å². The highest BCUT2D eigenvalue weighted by Gasteiger charge is 2.16. The molecule has 0 radical (unpaired) electrons. The van der Waals surface area contributed by atoms with Gasteiger partial charge in [-0.15, -0.1) is 0 Å². The van der Waals surface area contributed by atoms with E-state index in [0.29, 0.717) is 12.1 Å². The van der Waals surface area contributed by atoms with E-state index in [1.165, 1.54) is 17.2 Å². The Morgan fingerprint density at radius 1 is 1.00 bits per heavy atom. The van der Waals surface area contributed by atoms with Gasteiger partial charge in [0.1, 0.15) is 5.69 Å². The maximum atomic E-state index is 12.7. The second kappa shape index (κ2) is 8.02. The zero-order valence-electron chi connectivity index (χ0n) is 14.3. The molecule has 2 aromatic heterocycles. The van der Waals surface area contributed by atoms with Crippen molar-refractivity contribution in [2.45, 2.75) is 6.54 Å². The molecule has 6 heteroatoms. The predicted molar refractivity (Wildman–Crippen MR) is 98.8 cm³/mol. The predicted octanol–water partition coefficient (Wildman–Crippen LogP) is 2.68. The average molecular weight is 346 g/mol. The number of aromatic nitrogens is 2. The van der Waals surface area contributed by atoms with Gasteiger partial charge < -0.3 is 10.2 Å². The molecule has 3 aromatic rings. The van der Waals surface area contributed by atoms with Gasteiger partial charge in [0.25, 0.3) is 11.8 Å². The molecule has 0 aliphatic carbocycles. The molecule has 3 rings (SSSR count). The molecule has 0 atom stereocenters. The van der Waals surface area contributed by atoms with Crippen LogP contribution < -0.4 is 10.2 Å². The van der Waals surface area contributed by atoms with Crippen LogP contribution in [0.1, 0.15) is 26.4 Å². The fourth-order valence-corrected chi connectivity index (χ4v) is 2.42. The fraction of sp³-hybridized carbons (Fsp3) is 0.100. The molecule has 0 aliphatic rings. The molecule has 26 heavy (non-hydrogen) atoms. The van der Waals surface area contributed by atoms with Gasteiger partial charge in [-0.3, -0.25) is 19.6 Å². The van der Waals surface area contributed by atoms with E-state index in [1.54, 1.807) is 25.5 Å². The first-order chi connectivity index (χ1) is 12.6. The van der Waals surface area contributed by atoms with E-state index in [0.717, 1.165) is 11.3 Å². The Morgan fingerprint density at radius 3 is 2.46 bits per heavy atom. The van der Waals surface area contributed by atoms with Gasteiger partial charge in [0, 0.05) is 43.4 Å². The van der Waals surface area contributed by atoms with Gasteiger partial charge in [0.05, 0.1) is 0 Å². The summed E-state index contributed by atoms with van der Waals surface area (Å²) in [4.78, 5) is 34.5. The molecule has 1 aromatic carbocycles. The lowest BCUT2D eigenvalue weighted by Gasteiger charge is -2.17. The first-order valence-corrected chi connectivity index (χ1v) is 8.11. The molecule has 1 N–H and O–H groups in total. The summed E-state index contributed by atoms with van der Waals surface area (Å²) in [5, 5.41) is 2.79. The number of carbonyl (C=O) groups excluding carboxylic acids is 2. The van der Waals surface area contributed by atoms with Crippen molar-refractivity contribution in [2.24, 2.45) is 0 Å². The lowest BCUT2D eigenvalue weighted by molar-refractivity contribution is 0.0946. The monoisotopic (exact) mass is 346 g/mol. The number of carbonyl (C=O) groups is 2. The summed E-state index contributed by atoms with van der Waals surface area (Å²) < 4.78 is 0. The lowest BCUT2D eigenvalue weighted by atomic mass is 10.2. The van der Waals surface area contributed by atoms with Crippen LogP contribution in [0.5, 0.6) is 0 Å². The number of hydrogen-bond acceptors (Lipinski definition) is 4. The molecule has 2 amide bonds. The minimum atomic E-state index is -0.334. The van der Waals surface area contributed by atoms with E-state index >= 15 is 0 Å². The van der Waals surface area contributed by atoms with Gasteiger partial charge in [-0.2, -0.15) is 0 Å². The van der Waals surface area contributed by atoms with E-state index in [2.05, 4.69) is 15.3 Å². The van der Waals surface area contributed by atoms with Crippen LogP contribution in [0.25, 0.3) is 0 Å². The third-order valence-electron chi connectivity index (χ3n) is 3.89. The topological polar surface area (TPSA) is 75.2 Å². The van der Waals surface area contributed by atoms with Gasteiger partial charge in [0.15, 0.2) is 0 Å². The smallest absolute Gasteiger partial charge is 0.270 e. The highest BCUT2D eigenvalue weighted by Crippen LogP contribution is 2.15. The zero-order chi connectivity index (χ0) is 18.4. The highest BCUT2D eigenvalue weighted by molar-refractivity contribution is 6.06. The van der Waals surface area contributed by atoms with Crippen molar-refractivity contribution in [3.8, 4) is 0 Å². The Labute approximate surface area is 151 Å². The van der Waals surface area contributed by atoms with E-state index < -0.39 is 0 Å². The first kappa shape index (κ1) is 17.3. The van der Waals surface area contributed by atoms with E-state index in [9.17, 15) is 9.59 Å². The molecular weight excluding hydrogens is 328 g/mol. The molecule has 2 heterocycles. The van der Waals surface area contributed by atoms with Crippen molar-refractivity contribution in [2.75, 3.05) is 11.9 Å². The summed E-state index contributed by atoms with van der Waals surface area (Å²) in [7, 11) is 1.70. The van der Waals surface area contributed by atoms with Crippen molar-refractivity contribution >= 4 is 17.5 Å². The average Bonchev–Trinajstić information content (AvgIpc) is 2.72. The minimum absolute atomic E-state index is 0.200. The number of nitrogens with one attached hydrogen (secondary N) is 1. The van der Waals surface area contributed by atoms with Crippen molar-refractivity contribution in [3.05, 3.63) is 90.0 Å². The summed E-state index contributed by atoms with van der Waals surface area (Å²) >= 11 is 0. The summed E-state index contributed by atoms with van der Waals surface area (Å²) in [5.74, 6) is -0.541. The van der Waals surface area contributed by atoms with Crippen LogP contribution >= 0.6 is 0 Å².